The summed E-state index contributed by atoms with van der Waals surface area (Å²) < 4.78 is 5.48. The minimum absolute atomic E-state index is 0.199. The Balaban J connectivity index is 1.86. The number of ether oxygens (including phenoxy) is 1. The fourth-order valence-electron chi connectivity index (χ4n) is 2.50. The summed E-state index contributed by atoms with van der Waals surface area (Å²) in [6, 6.07) is 7.78. The lowest BCUT2D eigenvalue weighted by atomic mass is 9.80. The van der Waals surface area contributed by atoms with Crippen LogP contribution in [0, 0.1) is 0 Å². The molecule has 1 aromatic rings. The molecular weight excluding hydrogens is 216 g/mol. The Kier molecular flexibility index (Phi) is 2.33. The fourth-order valence-corrected chi connectivity index (χ4v) is 2.50. The lowest BCUT2D eigenvalue weighted by Gasteiger charge is -2.35. The molecule has 1 aliphatic heterocycles. The van der Waals surface area contributed by atoms with Crippen LogP contribution in [0.25, 0.3) is 0 Å². The van der Waals surface area contributed by atoms with E-state index in [0.29, 0.717) is 13.1 Å². The number of benzene rings is 1. The Labute approximate surface area is 100 Å². The first kappa shape index (κ1) is 10.6. The van der Waals surface area contributed by atoms with Gasteiger partial charge in [0.2, 0.25) is 0 Å². The lowest BCUT2D eigenvalue weighted by Crippen LogP contribution is -2.41. The van der Waals surface area contributed by atoms with Crippen LogP contribution in [0.5, 0.6) is 0 Å². The number of nitrogens with two attached hydrogens (primary N) is 1. The molecule has 1 saturated carbocycles. The van der Waals surface area contributed by atoms with Crippen molar-refractivity contribution in [2.24, 2.45) is 5.73 Å². The van der Waals surface area contributed by atoms with Crippen molar-refractivity contribution in [3.8, 4) is 0 Å². The summed E-state index contributed by atoms with van der Waals surface area (Å²) in [7, 11) is 0. The first-order valence-corrected chi connectivity index (χ1v) is 6.02. The normalized spacial score (nSPS) is 21.5. The zero-order valence-corrected chi connectivity index (χ0v) is 9.69. The zero-order valence-electron chi connectivity index (χ0n) is 9.69. The SMILES string of the molecule is NCc1cccc(N2CC3(CCC3)OC2=O)c1. The van der Waals surface area contributed by atoms with E-state index < -0.39 is 0 Å². The third kappa shape index (κ3) is 1.69. The maximum atomic E-state index is 11.9. The summed E-state index contributed by atoms with van der Waals surface area (Å²) in [5.74, 6) is 0. The maximum absolute atomic E-state index is 11.9. The van der Waals surface area contributed by atoms with Gasteiger partial charge in [-0.2, -0.15) is 0 Å². The van der Waals surface area contributed by atoms with Crippen molar-refractivity contribution >= 4 is 11.8 Å². The van der Waals surface area contributed by atoms with Crippen molar-refractivity contribution in [3.63, 3.8) is 0 Å². The highest BCUT2D eigenvalue weighted by Crippen LogP contribution is 2.42. The van der Waals surface area contributed by atoms with Gasteiger partial charge in [-0.15, -0.1) is 0 Å². The fraction of sp³-hybridized carbons (Fsp3) is 0.462. The van der Waals surface area contributed by atoms with E-state index in [1.54, 1.807) is 4.90 Å². The molecule has 1 aromatic carbocycles. The summed E-state index contributed by atoms with van der Waals surface area (Å²) in [5.41, 5.74) is 7.33. The highest BCUT2D eigenvalue weighted by Gasteiger charge is 2.49. The van der Waals surface area contributed by atoms with E-state index in [0.717, 1.165) is 30.5 Å². The molecule has 0 unspecified atom stereocenters. The maximum Gasteiger partial charge on any atom is 0.415 e. The number of carbonyl (C=O) groups is 1. The topological polar surface area (TPSA) is 55.6 Å². The van der Waals surface area contributed by atoms with Gasteiger partial charge in [0.05, 0.1) is 6.54 Å². The molecule has 2 aliphatic rings. The summed E-state index contributed by atoms with van der Waals surface area (Å²) in [6.07, 6.45) is 2.92. The van der Waals surface area contributed by atoms with Crippen LogP contribution in [0.1, 0.15) is 24.8 Å². The van der Waals surface area contributed by atoms with Gasteiger partial charge in [-0.05, 0) is 37.0 Å². The molecule has 1 heterocycles. The monoisotopic (exact) mass is 232 g/mol. The van der Waals surface area contributed by atoms with Crippen LogP contribution in [0.15, 0.2) is 24.3 Å². The highest BCUT2D eigenvalue weighted by molar-refractivity contribution is 5.90. The van der Waals surface area contributed by atoms with E-state index in [-0.39, 0.29) is 11.7 Å². The average molecular weight is 232 g/mol. The van der Waals surface area contributed by atoms with Gasteiger partial charge in [-0.3, -0.25) is 4.90 Å². The van der Waals surface area contributed by atoms with Crippen LogP contribution in [-0.4, -0.2) is 18.2 Å². The molecule has 2 fully saturated rings. The average Bonchev–Trinajstić information content (AvgIpc) is 2.67. The van der Waals surface area contributed by atoms with Crippen molar-refractivity contribution in [2.45, 2.75) is 31.4 Å². The summed E-state index contributed by atoms with van der Waals surface area (Å²) in [5, 5.41) is 0. The van der Waals surface area contributed by atoms with Gasteiger partial charge in [0.25, 0.3) is 0 Å². The van der Waals surface area contributed by atoms with Gasteiger partial charge in [0.1, 0.15) is 5.60 Å². The molecule has 4 heteroatoms. The van der Waals surface area contributed by atoms with Gasteiger partial charge in [0.15, 0.2) is 0 Å². The van der Waals surface area contributed by atoms with E-state index in [1.165, 1.54) is 0 Å². The number of hydrogen-bond acceptors (Lipinski definition) is 3. The zero-order chi connectivity index (χ0) is 11.9. The first-order chi connectivity index (χ1) is 8.22. The minimum atomic E-state index is -0.223. The van der Waals surface area contributed by atoms with Crippen LogP contribution >= 0.6 is 0 Å². The molecule has 0 bridgehead atoms. The van der Waals surface area contributed by atoms with Crippen LogP contribution in [0.4, 0.5) is 10.5 Å². The van der Waals surface area contributed by atoms with Crippen LogP contribution in [0.2, 0.25) is 0 Å². The number of anilines is 1. The first-order valence-electron chi connectivity index (χ1n) is 6.02. The number of amides is 1. The number of hydrogen-bond donors (Lipinski definition) is 1. The molecule has 0 aromatic heterocycles. The van der Waals surface area contributed by atoms with Gasteiger partial charge >= 0.3 is 6.09 Å². The third-order valence-electron chi connectivity index (χ3n) is 3.69. The molecule has 1 saturated heterocycles. The number of rotatable bonds is 2. The summed E-state index contributed by atoms with van der Waals surface area (Å²) in [6.45, 7) is 1.17. The predicted octanol–water partition coefficient (Wildman–Crippen LogP) is 2.02. The largest absolute Gasteiger partial charge is 0.441 e. The highest BCUT2D eigenvalue weighted by atomic mass is 16.6. The van der Waals surface area contributed by atoms with Gasteiger partial charge in [0, 0.05) is 12.2 Å². The third-order valence-corrected chi connectivity index (χ3v) is 3.69. The van der Waals surface area contributed by atoms with Crippen LogP contribution in [-0.2, 0) is 11.3 Å². The van der Waals surface area contributed by atoms with E-state index in [2.05, 4.69) is 0 Å². The van der Waals surface area contributed by atoms with Crippen molar-refractivity contribution in [1.82, 2.24) is 0 Å². The second-order valence-corrected chi connectivity index (χ2v) is 4.86. The molecule has 2 N–H and O–H groups in total. The Morgan fingerprint density at radius 1 is 1.41 bits per heavy atom. The lowest BCUT2D eigenvalue weighted by molar-refractivity contribution is -0.00649. The Morgan fingerprint density at radius 3 is 2.82 bits per heavy atom. The van der Waals surface area contributed by atoms with Gasteiger partial charge in [-0.25, -0.2) is 4.79 Å². The van der Waals surface area contributed by atoms with E-state index >= 15 is 0 Å². The molecule has 0 radical (unpaired) electrons. The molecule has 90 valence electrons. The molecule has 1 amide bonds. The van der Waals surface area contributed by atoms with Crippen LogP contribution in [0.3, 0.4) is 0 Å². The van der Waals surface area contributed by atoms with Gasteiger partial charge < -0.3 is 10.5 Å². The molecule has 4 nitrogen and oxygen atoms in total. The Bertz CT molecular complexity index is 454. The second kappa shape index (κ2) is 3.74. The van der Waals surface area contributed by atoms with Crippen molar-refractivity contribution < 1.29 is 9.53 Å². The van der Waals surface area contributed by atoms with Crippen molar-refractivity contribution in [2.75, 3.05) is 11.4 Å². The number of carbonyl (C=O) groups excluding carboxylic acids is 1. The smallest absolute Gasteiger partial charge is 0.415 e. The molecule has 1 aliphatic carbocycles. The Morgan fingerprint density at radius 2 is 2.24 bits per heavy atom. The predicted molar refractivity (Wildman–Crippen MR) is 64.7 cm³/mol. The minimum Gasteiger partial charge on any atom is -0.441 e. The standard InChI is InChI=1S/C13H16N2O2/c14-8-10-3-1-4-11(7-10)15-9-13(5-2-6-13)17-12(15)16/h1,3-4,7H,2,5-6,8-9,14H2. The molecule has 0 atom stereocenters. The van der Waals surface area contributed by atoms with Crippen LogP contribution < -0.4 is 10.6 Å². The Hall–Kier alpha value is -1.55. The second-order valence-electron chi connectivity index (χ2n) is 4.86. The van der Waals surface area contributed by atoms with Crippen molar-refractivity contribution in [1.29, 1.82) is 0 Å². The quantitative estimate of drug-likeness (QED) is 0.848. The molecule has 3 rings (SSSR count). The van der Waals surface area contributed by atoms with E-state index in [4.69, 9.17) is 10.5 Å². The van der Waals surface area contributed by atoms with E-state index in [1.807, 2.05) is 24.3 Å². The van der Waals surface area contributed by atoms with Gasteiger partial charge in [-0.1, -0.05) is 12.1 Å². The molecule has 17 heavy (non-hydrogen) atoms. The molecular formula is C13H16N2O2. The van der Waals surface area contributed by atoms with Crippen molar-refractivity contribution in [3.05, 3.63) is 29.8 Å². The summed E-state index contributed by atoms with van der Waals surface area (Å²) >= 11 is 0. The number of nitrogens with zero attached hydrogens (tertiary/aromatic N) is 1. The molecule has 1 spiro atoms. The van der Waals surface area contributed by atoms with E-state index in [9.17, 15) is 4.79 Å². The summed E-state index contributed by atoms with van der Waals surface area (Å²) in [4.78, 5) is 13.6.